The molecule has 0 aromatic rings. The van der Waals surface area contributed by atoms with Crippen LogP contribution in [0.3, 0.4) is 0 Å². The Bertz CT molecular complexity index is 370. The highest BCUT2D eigenvalue weighted by Gasteiger charge is 2.52. The highest BCUT2D eigenvalue weighted by Crippen LogP contribution is 2.40. The minimum Gasteiger partial charge on any atom is -0.387 e. The van der Waals surface area contributed by atoms with Crippen LogP contribution in [0.5, 0.6) is 0 Å². The summed E-state index contributed by atoms with van der Waals surface area (Å²) in [5, 5.41) is 20.8. The van der Waals surface area contributed by atoms with Crippen molar-refractivity contribution in [2.75, 3.05) is 26.2 Å². The molecule has 0 unspecified atom stereocenters. The van der Waals surface area contributed by atoms with Gasteiger partial charge in [-0.15, -0.1) is 6.58 Å². The molecule has 122 valence electrons. The van der Waals surface area contributed by atoms with Crippen molar-refractivity contribution in [2.24, 2.45) is 5.41 Å². The Morgan fingerprint density at radius 1 is 1.33 bits per heavy atom. The Morgan fingerprint density at radius 2 is 1.95 bits per heavy atom. The van der Waals surface area contributed by atoms with Gasteiger partial charge in [0.05, 0.1) is 17.8 Å². The smallest absolute Gasteiger partial charge is 0.111 e. The molecule has 1 spiro atoms. The van der Waals surface area contributed by atoms with Crippen LogP contribution in [0, 0.1) is 5.41 Å². The van der Waals surface area contributed by atoms with E-state index in [-0.39, 0.29) is 5.41 Å². The number of likely N-dealkylation sites (tertiary alicyclic amines) is 1. The van der Waals surface area contributed by atoms with E-state index in [1.54, 1.807) is 6.92 Å². The molecule has 0 aromatic carbocycles. The van der Waals surface area contributed by atoms with Gasteiger partial charge in [0.25, 0.3) is 0 Å². The van der Waals surface area contributed by atoms with Crippen molar-refractivity contribution >= 4 is 0 Å². The third-order valence-electron chi connectivity index (χ3n) is 5.14. The summed E-state index contributed by atoms with van der Waals surface area (Å²) in [4.78, 5) is 2.44. The zero-order valence-corrected chi connectivity index (χ0v) is 13.8. The van der Waals surface area contributed by atoms with Gasteiger partial charge in [0.2, 0.25) is 0 Å². The Balaban J connectivity index is 1.95. The van der Waals surface area contributed by atoms with Crippen LogP contribution in [0.1, 0.15) is 46.5 Å². The SMILES string of the molecule is C=CCC(C)(C)CN1CCC2(CC1)OCC[C@@](C)(O)[C@@H]2O. The molecule has 2 heterocycles. The molecule has 2 fully saturated rings. The van der Waals surface area contributed by atoms with Crippen LogP contribution in [-0.4, -0.2) is 58.7 Å². The van der Waals surface area contributed by atoms with E-state index >= 15 is 0 Å². The fourth-order valence-electron chi connectivity index (χ4n) is 3.81. The van der Waals surface area contributed by atoms with Gasteiger partial charge in [-0.3, -0.25) is 0 Å². The number of piperidine rings is 1. The summed E-state index contributed by atoms with van der Waals surface area (Å²) in [7, 11) is 0. The van der Waals surface area contributed by atoms with Crippen molar-refractivity contribution in [3.8, 4) is 0 Å². The van der Waals surface area contributed by atoms with Crippen molar-refractivity contribution in [2.45, 2.75) is 63.8 Å². The molecule has 2 saturated heterocycles. The molecule has 0 amide bonds. The molecule has 21 heavy (non-hydrogen) atoms. The normalized spacial score (nSPS) is 34.0. The van der Waals surface area contributed by atoms with Gasteiger partial charge in [0.1, 0.15) is 6.10 Å². The summed E-state index contributed by atoms with van der Waals surface area (Å²) in [5.74, 6) is 0. The van der Waals surface area contributed by atoms with Gasteiger partial charge in [-0.1, -0.05) is 19.9 Å². The van der Waals surface area contributed by atoms with Gasteiger partial charge < -0.3 is 19.8 Å². The van der Waals surface area contributed by atoms with Crippen LogP contribution in [0.15, 0.2) is 12.7 Å². The number of hydrogen-bond donors (Lipinski definition) is 2. The lowest BCUT2D eigenvalue weighted by Gasteiger charge is -2.52. The van der Waals surface area contributed by atoms with E-state index in [0.29, 0.717) is 13.0 Å². The lowest BCUT2D eigenvalue weighted by atomic mass is 9.74. The lowest BCUT2D eigenvalue weighted by Crippen LogP contribution is -2.64. The van der Waals surface area contributed by atoms with Crippen LogP contribution in [0.2, 0.25) is 0 Å². The minimum absolute atomic E-state index is 0.226. The fraction of sp³-hybridized carbons (Fsp3) is 0.882. The van der Waals surface area contributed by atoms with Gasteiger partial charge in [0.15, 0.2) is 0 Å². The Kier molecular flexibility index (Phi) is 4.84. The predicted molar refractivity (Wildman–Crippen MR) is 84.2 cm³/mol. The highest BCUT2D eigenvalue weighted by molar-refractivity contribution is 5.04. The molecule has 4 nitrogen and oxygen atoms in total. The summed E-state index contributed by atoms with van der Waals surface area (Å²) >= 11 is 0. The van der Waals surface area contributed by atoms with Gasteiger partial charge >= 0.3 is 0 Å². The molecule has 2 N–H and O–H groups in total. The van der Waals surface area contributed by atoms with E-state index in [1.165, 1.54) is 0 Å². The van der Waals surface area contributed by atoms with Gasteiger partial charge in [-0.2, -0.15) is 0 Å². The molecular formula is C17H31NO3. The molecule has 0 saturated carbocycles. The number of hydrogen-bond acceptors (Lipinski definition) is 4. The van der Waals surface area contributed by atoms with Crippen molar-refractivity contribution < 1.29 is 14.9 Å². The maximum atomic E-state index is 10.5. The number of aliphatic hydroxyl groups excluding tert-OH is 1. The molecule has 0 radical (unpaired) electrons. The second-order valence-corrected chi connectivity index (χ2v) is 7.86. The number of rotatable bonds is 4. The lowest BCUT2D eigenvalue weighted by molar-refractivity contribution is -0.246. The monoisotopic (exact) mass is 297 g/mol. The largest absolute Gasteiger partial charge is 0.387 e. The quantitative estimate of drug-likeness (QED) is 0.779. The van der Waals surface area contributed by atoms with Crippen LogP contribution in [0.25, 0.3) is 0 Å². The first-order valence-corrected chi connectivity index (χ1v) is 8.08. The van der Waals surface area contributed by atoms with E-state index in [4.69, 9.17) is 4.74 Å². The topological polar surface area (TPSA) is 52.9 Å². The van der Waals surface area contributed by atoms with E-state index in [1.807, 2.05) is 6.08 Å². The molecule has 2 atom stereocenters. The van der Waals surface area contributed by atoms with Crippen LogP contribution in [-0.2, 0) is 4.74 Å². The summed E-state index contributed by atoms with van der Waals surface area (Å²) < 4.78 is 5.93. The van der Waals surface area contributed by atoms with Gasteiger partial charge in [0, 0.05) is 26.1 Å². The van der Waals surface area contributed by atoms with E-state index in [0.717, 1.165) is 38.9 Å². The molecule has 0 aromatic heterocycles. The Morgan fingerprint density at radius 3 is 2.52 bits per heavy atom. The first kappa shape index (κ1) is 16.9. The molecular weight excluding hydrogens is 266 g/mol. The summed E-state index contributed by atoms with van der Waals surface area (Å²) in [6.07, 6.45) is 4.27. The number of aliphatic hydroxyl groups is 2. The molecule has 2 aliphatic heterocycles. The van der Waals surface area contributed by atoms with Crippen molar-refractivity contribution in [3.63, 3.8) is 0 Å². The maximum Gasteiger partial charge on any atom is 0.111 e. The first-order valence-electron chi connectivity index (χ1n) is 8.08. The second kappa shape index (κ2) is 5.99. The Hall–Kier alpha value is -0.420. The summed E-state index contributed by atoms with van der Waals surface area (Å²) in [5.41, 5.74) is -1.35. The number of nitrogens with zero attached hydrogens (tertiary/aromatic N) is 1. The maximum absolute atomic E-state index is 10.5. The predicted octanol–water partition coefficient (Wildman–Crippen LogP) is 1.96. The average molecular weight is 297 g/mol. The molecule has 0 bridgehead atoms. The van der Waals surface area contributed by atoms with E-state index in [2.05, 4.69) is 25.3 Å². The molecule has 4 heteroatoms. The van der Waals surface area contributed by atoms with Crippen LogP contribution >= 0.6 is 0 Å². The Labute approximate surface area is 128 Å². The summed E-state index contributed by atoms with van der Waals surface area (Å²) in [6, 6.07) is 0. The van der Waals surface area contributed by atoms with E-state index < -0.39 is 17.3 Å². The van der Waals surface area contributed by atoms with Crippen molar-refractivity contribution in [1.29, 1.82) is 0 Å². The number of allylic oxidation sites excluding steroid dienone is 1. The van der Waals surface area contributed by atoms with Crippen molar-refractivity contribution in [1.82, 2.24) is 4.90 Å². The van der Waals surface area contributed by atoms with Crippen LogP contribution < -0.4 is 0 Å². The zero-order chi connectivity index (χ0) is 15.7. The second-order valence-electron chi connectivity index (χ2n) is 7.86. The minimum atomic E-state index is -1.03. The highest BCUT2D eigenvalue weighted by atomic mass is 16.5. The number of ether oxygens (including phenoxy) is 1. The fourth-order valence-corrected chi connectivity index (χ4v) is 3.81. The third-order valence-corrected chi connectivity index (χ3v) is 5.14. The average Bonchev–Trinajstić information content (AvgIpc) is 2.38. The zero-order valence-electron chi connectivity index (χ0n) is 13.8. The molecule has 2 aliphatic rings. The standard InChI is InChI=1S/C17H31NO3/c1-5-6-15(2,3)13-18-10-7-17(8-11-18)14(19)16(4,20)9-12-21-17/h5,14,19-20H,1,6-13H2,2-4H3/t14-,16+/m0/s1. The van der Waals surface area contributed by atoms with E-state index in [9.17, 15) is 10.2 Å². The summed E-state index contributed by atoms with van der Waals surface area (Å²) in [6.45, 7) is 13.5. The van der Waals surface area contributed by atoms with Crippen LogP contribution in [0.4, 0.5) is 0 Å². The van der Waals surface area contributed by atoms with Gasteiger partial charge in [-0.05, 0) is 31.6 Å². The third kappa shape index (κ3) is 3.67. The molecule has 2 rings (SSSR count). The van der Waals surface area contributed by atoms with Crippen molar-refractivity contribution in [3.05, 3.63) is 12.7 Å². The first-order chi connectivity index (χ1) is 9.71. The molecule has 0 aliphatic carbocycles. The van der Waals surface area contributed by atoms with Gasteiger partial charge in [-0.25, -0.2) is 0 Å².